The third kappa shape index (κ3) is 2.98. The van der Waals surface area contributed by atoms with Gasteiger partial charge in [-0.25, -0.2) is 0 Å². The summed E-state index contributed by atoms with van der Waals surface area (Å²) < 4.78 is 0. The Hall–Kier alpha value is -1.17. The van der Waals surface area contributed by atoms with Gasteiger partial charge < -0.3 is 5.11 Å². The van der Waals surface area contributed by atoms with Crippen LogP contribution in [0.4, 0.5) is 0 Å². The molecule has 0 radical (unpaired) electrons. The molecule has 1 nitrogen and oxygen atoms in total. The molecule has 0 amide bonds. The van der Waals surface area contributed by atoms with Crippen molar-refractivity contribution in [2.45, 2.75) is 25.1 Å². The largest absolute Gasteiger partial charge is 0.389 e. The summed E-state index contributed by atoms with van der Waals surface area (Å²) in [4.78, 5) is 0. The average molecular weight is 259 g/mol. The molecule has 2 heteroatoms. The number of benzene rings is 1. The lowest BCUT2D eigenvalue weighted by molar-refractivity contribution is 0.234. The Kier molecular flexibility index (Phi) is 4.16. The van der Waals surface area contributed by atoms with Gasteiger partial charge in [-0.2, -0.15) is 0 Å². The van der Waals surface area contributed by atoms with Crippen LogP contribution >= 0.6 is 7.55 Å². The highest BCUT2D eigenvalue weighted by Crippen LogP contribution is 2.37. The summed E-state index contributed by atoms with van der Waals surface area (Å²) in [5.74, 6) is 0. The topological polar surface area (TPSA) is 20.2 Å². The van der Waals surface area contributed by atoms with Crippen molar-refractivity contribution < 1.29 is 5.11 Å². The molecule has 0 bridgehead atoms. The normalized spacial score (nSPS) is 21.9. The van der Waals surface area contributed by atoms with Crippen molar-refractivity contribution in [3.8, 4) is 0 Å². The van der Waals surface area contributed by atoms with E-state index in [9.17, 15) is 5.11 Å². The summed E-state index contributed by atoms with van der Waals surface area (Å²) in [5, 5.41) is 9.82. The first-order chi connectivity index (χ1) is 8.58. The van der Waals surface area contributed by atoms with Crippen molar-refractivity contribution in [3.05, 3.63) is 53.6 Å². The molecule has 0 saturated carbocycles. The zero-order valence-corrected chi connectivity index (χ0v) is 11.9. The lowest BCUT2D eigenvalue weighted by Crippen LogP contribution is -2.12. The summed E-state index contributed by atoms with van der Waals surface area (Å²) >= 11 is 0. The lowest BCUT2D eigenvalue weighted by atomic mass is 9.92. The van der Waals surface area contributed by atoms with Gasteiger partial charge in [0, 0.05) is 6.42 Å². The molecule has 94 valence electrons. The van der Waals surface area contributed by atoms with Crippen LogP contribution in [0.5, 0.6) is 0 Å². The fourth-order valence-electron chi connectivity index (χ4n) is 2.21. The number of hydrogen-bond donors (Lipinski definition) is 1. The first kappa shape index (κ1) is 13.3. The van der Waals surface area contributed by atoms with E-state index in [1.807, 2.05) is 13.0 Å². The molecule has 1 N–H and O–H groups in total. The second-order valence-electron chi connectivity index (χ2n) is 4.91. The number of allylic oxidation sites excluding steroid dienone is 2. The third-order valence-electron chi connectivity index (χ3n) is 3.35. The highest BCUT2D eigenvalue weighted by Gasteiger charge is 2.24. The van der Waals surface area contributed by atoms with Crippen LogP contribution in [0.1, 0.15) is 18.9 Å². The predicted molar refractivity (Wildman–Crippen MR) is 82.6 cm³/mol. The Morgan fingerprint density at radius 1 is 1.33 bits per heavy atom. The molecule has 18 heavy (non-hydrogen) atoms. The summed E-state index contributed by atoms with van der Waals surface area (Å²) in [6, 6.07) is 10.4. The molecular formula is C16H20OP+. The molecule has 1 aliphatic rings. The second-order valence-corrected chi connectivity index (χ2v) is 7.08. The van der Waals surface area contributed by atoms with Crippen LogP contribution in [0.15, 0.2) is 48.1 Å². The fourth-order valence-corrected chi connectivity index (χ4v) is 3.15. The molecule has 0 spiro atoms. The van der Waals surface area contributed by atoms with Gasteiger partial charge in [-0.05, 0) is 29.7 Å². The highest BCUT2D eigenvalue weighted by molar-refractivity contribution is 7.56. The maximum absolute atomic E-state index is 9.82. The molecule has 2 rings (SSSR count). The minimum Gasteiger partial charge on any atom is -0.389 e. The maximum Gasteiger partial charge on any atom is 0.138 e. The van der Waals surface area contributed by atoms with E-state index in [0.717, 1.165) is 12.0 Å². The van der Waals surface area contributed by atoms with E-state index in [1.54, 1.807) is 0 Å². The fraction of sp³-hybridized carbons (Fsp3) is 0.312. The van der Waals surface area contributed by atoms with E-state index in [2.05, 4.69) is 49.4 Å². The summed E-state index contributed by atoms with van der Waals surface area (Å²) in [6.07, 6.45) is 9.17. The minimum atomic E-state index is -0.401. The van der Waals surface area contributed by atoms with E-state index in [0.29, 0.717) is 5.66 Å². The van der Waals surface area contributed by atoms with Gasteiger partial charge in [-0.1, -0.05) is 36.4 Å². The number of aliphatic hydroxyl groups excluding tert-OH is 1. The molecule has 3 atom stereocenters. The van der Waals surface area contributed by atoms with Gasteiger partial charge in [0.2, 0.25) is 0 Å². The van der Waals surface area contributed by atoms with E-state index < -0.39 is 6.10 Å². The van der Waals surface area contributed by atoms with Crippen molar-refractivity contribution in [2.24, 2.45) is 0 Å². The SMILES string of the molecule is C=[P+](C)C1C=C([C@H](C)O)C=C(c2ccccc2)C1. The van der Waals surface area contributed by atoms with Gasteiger partial charge in [-0.15, -0.1) is 0 Å². The molecule has 0 aliphatic heterocycles. The molecule has 0 heterocycles. The number of aliphatic hydroxyl groups is 1. The van der Waals surface area contributed by atoms with Gasteiger partial charge in [-0.3, -0.25) is 0 Å². The predicted octanol–water partition coefficient (Wildman–Crippen LogP) is 3.69. The van der Waals surface area contributed by atoms with Gasteiger partial charge in [0.05, 0.1) is 26.6 Å². The van der Waals surface area contributed by atoms with Crippen LogP contribution in [0.2, 0.25) is 0 Å². The van der Waals surface area contributed by atoms with Crippen molar-refractivity contribution in [2.75, 3.05) is 6.66 Å². The van der Waals surface area contributed by atoms with Crippen LogP contribution in [0.25, 0.3) is 5.57 Å². The molecular weight excluding hydrogens is 239 g/mol. The van der Waals surface area contributed by atoms with Gasteiger partial charge in [0.25, 0.3) is 0 Å². The van der Waals surface area contributed by atoms with Crippen molar-refractivity contribution >= 4 is 19.4 Å². The molecule has 2 unspecified atom stereocenters. The Labute approximate surface area is 110 Å². The summed E-state index contributed by atoms with van der Waals surface area (Å²) in [7, 11) is -0.265. The van der Waals surface area contributed by atoms with E-state index >= 15 is 0 Å². The number of hydrogen-bond acceptors (Lipinski definition) is 1. The van der Waals surface area contributed by atoms with Crippen molar-refractivity contribution in [1.29, 1.82) is 0 Å². The highest BCUT2D eigenvalue weighted by atomic mass is 31.1. The van der Waals surface area contributed by atoms with E-state index in [1.165, 1.54) is 11.1 Å². The third-order valence-corrected chi connectivity index (χ3v) is 4.81. The van der Waals surface area contributed by atoms with Crippen molar-refractivity contribution in [1.82, 2.24) is 0 Å². The second kappa shape index (κ2) is 5.65. The van der Waals surface area contributed by atoms with Gasteiger partial charge >= 0.3 is 0 Å². The first-order valence-electron chi connectivity index (χ1n) is 6.27. The van der Waals surface area contributed by atoms with Crippen molar-refractivity contribution in [3.63, 3.8) is 0 Å². The standard InChI is InChI=1S/C16H20OP/c1-12(17)14-9-15(11-16(10-14)18(2)3)13-7-5-4-6-8-13/h4-10,12,16-17H,2,11H2,1,3H3/q+1/t12-,16?/m0/s1. The molecule has 0 saturated heterocycles. The smallest absolute Gasteiger partial charge is 0.138 e. The molecule has 1 aromatic carbocycles. The molecule has 0 aromatic heterocycles. The monoisotopic (exact) mass is 259 g/mol. The Balaban J connectivity index is 2.37. The summed E-state index contributed by atoms with van der Waals surface area (Å²) in [6.45, 7) is 4.03. The molecule has 1 aliphatic carbocycles. The van der Waals surface area contributed by atoms with E-state index in [4.69, 9.17) is 0 Å². The van der Waals surface area contributed by atoms with Gasteiger partial charge in [0.1, 0.15) is 5.66 Å². The van der Waals surface area contributed by atoms with Crippen LogP contribution in [0, 0.1) is 0 Å². The van der Waals surface area contributed by atoms with Crippen LogP contribution < -0.4 is 0 Å². The molecule has 0 fully saturated rings. The Morgan fingerprint density at radius 3 is 2.56 bits per heavy atom. The maximum atomic E-state index is 9.82. The quantitative estimate of drug-likeness (QED) is 0.821. The minimum absolute atomic E-state index is 0.265. The first-order valence-corrected chi connectivity index (χ1v) is 8.31. The molecule has 1 aromatic rings. The Bertz CT molecular complexity index is 497. The number of rotatable bonds is 3. The van der Waals surface area contributed by atoms with E-state index in [-0.39, 0.29) is 7.55 Å². The van der Waals surface area contributed by atoms with Crippen LogP contribution in [0.3, 0.4) is 0 Å². The van der Waals surface area contributed by atoms with Crippen LogP contribution in [-0.2, 0) is 0 Å². The van der Waals surface area contributed by atoms with Gasteiger partial charge in [0.15, 0.2) is 0 Å². The lowest BCUT2D eigenvalue weighted by Gasteiger charge is -2.19. The zero-order valence-electron chi connectivity index (χ0n) is 11.0. The summed E-state index contributed by atoms with van der Waals surface area (Å²) in [5.41, 5.74) is 4.08. The Morgan fingerprint density at radius 2 is 2.00 bits per heavy atom. The zero-order chi connectivity index (χ0) is 13.1. The average Bonchev–Trinajstić information content (AvgIpc) is 2.39. The van der Waals surface area contributed by atoms with Crippen LogP contribution in [-0.4, -0.2) is 29.8 Å².